The van der Waals surface area contributed by atoms with Gasteiger partial charge in [0.15, 0.2) is 6.29 Å². The van der Waals surface area contributed by atoms with Crippen molar-refractivity contribution in [2.75, 3.05) is 7.11 Å². The second kappa shape index (κ2) is 3.68. The van der Waals surface area contributed by atoms with Crippen LogP contribution in [0.2, 0.25) is 0 Å². The summed E-state index contributed by atoms with van der Waals surface area (Å²) in [6, 6.07) is 0. The Kier molecular flexibility index (Phi) is 1.92. The van der Waals surface area contributed by atoms with Gasteiger partial charge in [-0.3, -0.25) is 0 Å². The lowest BCUT2D eigenvalue weighted by Gasteiger charge is -2.38. The molecule has 5 heteroatoms. The Labute approximate surface area is 75.0 Å². The van der Waals surface area contributed by atoms with Crippen LogP contribution in [0.15, 0.2) is 0 Å². The lowest BCUT2D eigenvalue weighted by molar-refractivity contribution is -0.286. The maximum atomic E-state index is 6.88. The molecule has 1 rings (SSSR count). The Bertz CT molecular complexity index is 195. The van der Waals surface area contributed by atoms with Crippen LogP contribution in [0.25, 0.3) is 0 Å². The number of aliphatic hydroxyl groups excluding tert-OH is 3. The molecule has 0 aliphatic carbocycles. The van der Waals surface area contributed by atoms with E-state index < -0.39 is 30.7 Å². The first-order chi connectivity index (χ1) is 7.19. The van der Waals surface area contributed by atoms with Crippen LogP contribution in [0.5, 0.6) is 0 Å². The molecule has 0 aromatic rings. The van der Waals surface area contributed by atoms with Crippen LogP contribution in [0.3, 0.4) is 0 Å². The molecule has 1 fully saturated rings. The van der Waals surface area contributed by atoms with Crippen LogP contribution >= 0.6 is 0 Å². The second-order valence-corrected chi connectivity index (χ2v) is 2.84. The van der Waals surface area contributed by atoms with Crippen LogP contribution in [-0.2, 0) is 9.47 Å². The van der Waals surface area contributed by atoms with E-state index >= 15 is 0 Å². The van der Waals surface area contributed by atoms with Crippen molar-refractivity contribution in [1.82, 2.24) is 0 Å². The van der Waals surface area contributed by atoms with Gasteiger partial charge < -0.3 is 24.8 Å². The van der Waals surface area contributed by atoms with E-state index in [2.05, 4.69) is 15.3 Å². The first-order valence-electron chi connectivity index (χ1n) is 4.96. The normalized spacial score (nSPS) is 52.5. The maximum absolute atomic E-state index is 6.88. The molecular weight excluding hydrogens is 164 g/mol. The zero-order chi connectivity index (χ0) is 11.4. The molecule has 0 spiro atoms. The van der Waals surface area contributed by atoms with Crippen LogP contribution in [0.1, 0.15) is 6.92 Å². The molecule has 0 unspecified atom stereocenters. The van der Waals surface area contributed by atoms with Gasteiger partial charge in [-0.2, -0.15) is 0 Å². The fourth-order valence-electron chi connectivity index (χ4n) is 1.17. The van der Waals surface area contributed by atoms with Crippen molar-refractivity contribution in [2.24, 2.45) is 0 Å². The molecule has 5 atom stereocenters. The quantitative estimate of drug-likeness (QED) is 0.490. The highest BCUT2D eigenvalue weighted by atomic mass is 16.7. The van der Waals surface area contributed by atoms with Crippen LogP contribution < -0.4 is 0 Å². The molecule has 1 heterocycles. The summed E-state index contributed by atoms with van der Waals surface area (Å²) in [4.78, 5) is 0. The zero-order valence-electron chi connectivity index (χ0n) is 9.93. The monoisotopic (exact) mass is 181 g/mol. The van der Waals surface area contributed by atoms with Crippen molar-refractivity contribution in [3.05, 3.63) is 0 Å². The highest BCUT2D eigenvalue weighted by Crippen LogP contribution is 2.20. The predicted molar refractivity (Wildman–Crippen MR) is 39.4 cm³/mol. The van der Waals surface area contributed by atoms with E-state index in [1.165, 1.54) is 7.11 Å². The average molecular weight is 181 g/mol. The van der Waals surface area contributed by atoms with Gasteiger partial charge in [0, 0.05) is 7.11 Å². The Morgan fingerprint density at radius 1 is 1.25 bits per heavy atom. The minimum atomic E-state index is -0.918. The van der Waals surface area contributed by atoms with Crippen molar-refractivity contribution < 1.29 is 24.8 Å². The van der Waals surface area contributed by atoms with Crippen molar-refractivity contribution >= 4 is 0 Å². The molecule has 1 saturated heterocycles. The second-order valence-electron chi connectivity index (χ2n) is 2.84. The van der Waals surface area contributed by atoms with E-state index in [0.29, 0.717) is 0 Å². The summed E-state index contributed by atoms with van der Waals surface area (Å²) < 4.78 is 30.8. The van der Waals surface area contributed by atoms with Crippen LogP contribution in [-0.4, -0.2) is 57.4 Å². The van der Waals surface area contributed by atoms with Gasteiger partial charge in [-0.05, 0) is 6.92 Å². The third kappa shape index (κ3) is 1.60. The van der Waals surface area contributed by atoms with Crippen molar-refractivity contribution in [1.29, 1.82) is 4.29 Å². The standard InChI is InChI=1S/C7H14O5/c1-3-4(8)5(9)6(10)7(11-2)12-3/h3-10H,1-2H3/t3-,4+,5+,6-,7+/m0/s1/i8D,9D,10D. The van der Waals surface area contributed by atoms with Gasteiger partial charge in [-0.1, -0.05) is 0 Å². The van der Waals surface area contributed by atoms with Gasteiger partial charge in [-0.25, -0.2) is 0 Å². The molecule has 1 aliphatic rings. The summed E-state index contributed by atoms with van der Waals surface area (Å²) in [7, 11) is 1.40. The fraction of sp³-hybridized carbons (Fsp3) is 1.00. The van der Waals surface area contributed by atoms with Crippen molar-refractivity contribution in [2.45, 2.75) is 37.6 Å². The third-order valence-electron chi connectivity index (χ3n) is 1.96. The van der Waals surface area contributed by atoms with Gasteiger partial charge in [0.1, 0.15) is 18.3 Å². The number of aliphatic hydroxyl groups is 3. The molecule has 0 amide bonds. The molecule has 12 heavy (non-hydrogen) atoms. The van der Waals surface area contributed by atoms with Gasteiger partial charge in [0.2, 0.25) is 4.29 Å². The molecule has 3 N–H and O–H groups in total. The number of hydrogen-bond donors (Lipinski definition) is 3. The van der Waals surface area contributed by atoms with E-state index in [9.17, 15) is 0 Å². The Balaban J connectivity index is 2.80. The number of ether oxygens (including phenoxy) is 2. The average Bonchev–Trinajstić information content (AvgIpc) is 2.27. The van der Waals surface area contributed by atoms with E-state index in [1.807, 2.05) is 0 Å². The Hall–Kier alpha value is -0.200. The van der Waals surface area contributed by atoms with Gasteiger partial charge in [-0.15, -0.1) is 0 Å². The van der Waals surface area contributed by atoms with Crippen molar-refractivity contribution in [3.8, 4) is 0 Å². The minimum Gasteiger partial charge on any atom is -0.388 e. The fourth-order valence-corrected chi connectivity index (χ4v) is 1.17. The highest BCUT2D eigenvalue weighted by molar-refractivity contribution is 4.86. The number of hydrogen-bond acceptors (Lipinski definition) is 5. The molecular formula is C7H14O5. The van der Waals surface area contributed by atoms with Gasteiger partial charge >= 0.3 is 0 Å². The van der Waals surface area contributed by atoms with Gasteiger partial charge in [0.05, 0.1) is 6.10 Å². The Morgan fingerprint density at radius 2 is 1.92 bits per heavy atom. The maximum Gasteiger partial charge on any atom is 0.211 e. The Morgan fingerprint density at radius 3 is 2.42 bits per heavy atom. The molecule has 0 aromatic carbocycles. The first kappa shape index (κ1) is 6.28. The summed E-state index contributed by atoms with van der Waals surface area (Å²) >= 11 is 0. The molecule has 5 nitrogen and oxygen atoms in total. The summed E-state index contributed by atoms with van der Waals surface area (Å²) in [6.45, 7) is 1.66. The highest BCUT2D eigenvalue weighted by Gasteiger charge is 2.41. The van der Waals surface area contributed by atoms with E-state index in [-0.39, 0.29) is 0 Å². The summed E-state index contributed by atoms with van der Waals surface area (Å²) in [6.07, 6.45) is -3.88. The predicted octanol–water partition coefficient (Wildman–Crippen LogP) is -1.54. The first-order valence-corrected chi connectivity index (χ1v) is 3.73. The SMILES string of the molecule is [2H]O[C@H]1[C@H](O[2H])[C@H](OC)O[C@@H](C)[C@H]1O[2H]. The smallest absolute Gasteiger partial charge is 0.211 e. The molecule has 0 bridgehead atoms. The van der Waals surface area contributed by atoms with E-state index in [0.717, 1.165) is 0 Å². The lowest BCUT2D eigenvalue weighted by Crippen LogP contribution is -2.57. The van der Waals surface area contributed by atoms with E-state index in [1.54, 1.807) is 6.92 Å². The minimum absolute atomic E-state index is 0.478. The largest absolute Gasteiger partial charge is 0.388 e. The summed E-state index contributed by atoms with van der Waals surface area (Å²) in [5, 5.41) is 13.2. The molecule has 0 radical (unpaired) electrons. The molecule has 72 valence electrons. The zero-order valence-corrected chi connectivity index (χ0v) is 6.93. The molecule has 0 saturated carbocycles. The third-order valence-corrected chi connectivity index (χ3v) is 1.96. The van der Waals surface area contributed by atoms with Crippen LogP contribution in [0, 0.1) is 0 Å². The molecule has 1 aliphatic heterocycles. The van der Waals surface area contributed by atoms with E-state index in [4.69, 9.17) is 13.8 Å². The topological polar surface area (TPSA) is 79.2 Å². The summed E-state index contributed by atoms with van der Waals surface area (Å²) in [5.74, 6) is 0. The van der Waals surface area contributed by atoms with Gasteiger partial charge in [0.25, 0.3) is 0 Å². The number of rotatable bonds is 4. The summed E-state index contributed by atoms with van der Waals surface area (Å²) in [5.41, 5.74) is 0. The number of methoxy groups -OCH3 is 1. The van der Waals surface area contributed by atoms with Crippen molar-refractivity contribution in [3.63, 3.8) is 0 Å². The lowest BCUT2D eigenvalue weighted by atomic mass is 10.0. The van der Waals surface area contributed by atoms with Crippen LogP contribution in [0.4, 0.5) is 0 Å². The molecule has 0 aromatic heterocycles.